The van der Waals surface area contributed by atoms with Gasteiger partial charge in [0.1, 0.15) is 12.0 Å². The second-order valence-electron chi connectivity index (χ2n) is 4.25. The van der Waals surface area contributed by atoms with Crippen LogP contribution in [0.5, 0.6) is 5.88 Å². The van der Waals surface area contributed by atoms with Crippen LogP contribution in [-0.2, 0) is 9.84 Å². The Hall–Kier alpha value is -1.70. The highest BCUT2D eigenvalue weighted by Crippen LogP contribution is 2.12. The van der Waals surface area contributed by atoms with E-state index < -0.39 is 15.7 Å². The molecule has 1 unspecified atom stereocenters. The maximum Gasteiger partial charge on any atom is 0.270 e. The molecule has 0 spiro atoms. The van der Waals surface area contributed by atoms with Crippen molar-refractivity contribution in [3.63, 3.8) is 0 Å². The van der Waals surface area contributed by atoms with E-state index in [0.29, 0.717) is 18.9 Å². The van der Waals surface area contributed by atoms with Crippen LogP contribution < -0.4 is 10.1 Å². The number of hydrogen-bond acceptors (Lipinski definition) is 6. The fraction of sp³-hybridized carbons (Fsp3) is 0.545. The van der Waals surface area contributed by atoms with Gasteiger partial charge in [0.25, 0.3) is 5.91 Å². The zero-order valence-electron chi connectivity index (χ0n) is 10.5. The van der Waals surface area contributed by atoms with E-state index in [-0.39, 0.29) is 23.2 Å². The van der Waals surface area contributed by atoms with Gasteiger partial charge in [0, 0.05) is 12.1 Å². The van der Waals surface area contributed by atoms with Crippen LogP contribution in [0.25, 0.3) is 0 Å². The molecule has 1 fully saturated rings. The highest BCUT2D eigenvalue weighted by atomic mass is 32.2. The third kappa shape index (κ3) is 3.63. The normalized spacial score (nSPS) is 21.0. The Bertz CT molecular complexity index is 573. The Morgan fingerprint density at radius 1 is 1.53 bits per heavy atom. The molecule has 7 nitrogen and oxygen atoms in total. The number of hydrogen-bond donors (Lipinski definition) is 1. The highest BCUT2D eigenvalue weighted by Gasteiger charge is 2.29. The fourth-order valence-corrected chi connectivity index (χ4v) is 3.53. The first-order valence-corrected chi connectivity index (χ1v) is 7.78. The minimum absolute atomic E-state index is 0.0118. The SMILES string of the molecule is CCOc1cc(C(=O)NC2CCS(=O)(=O)C2)ncn1. The molecule has 0 radical (unpaired) electrons. The zero-order chi connectivity index (χ0) is 13.9. The molecule has 1 atom stereocenters. The summed E-state index contributed by atoms with van der Waals surface area (Å²) < 4.78 is 27.8. The van der Waals surface area contributed by atoms with E-state index in [1.165, 1.54) is 12.4 Å². The largest absolute Gasteiger partial charge is 0.478 e. The monoisotopic (exact) mass is 285 g/mol. The molecule has 0 aromatic carbocycles. The predicted molar refractivity (Wildman–Crippen MR) is 67.7 cm³/mol. The van der Waals surface area contributed by atoms with Crippen molar-refractivity contribution >= 4 is 15.7 Å². The van der Waals surface area contributed by atoms with Crippen LogP contribution in [0.2, 0.25) is 0 Å². The van der Waals surface area contributed by atoms with Gasteiger partial charge in [-0.3, -0.25) is 4.79 Å². The van der Waals surface area contributed by atoms with Crippen LogP contribution in [0.4, 0.5) is 0 Å². The summed E-state index contributed by atoms with van der Waals surface area (Å²) in [6.07, 6.45) is 1.68. The van der Waals surface area contributed by atoms with Gasteiger partial charge in [-0.05, 0) is 13.3 Å². The number of ether oxygens (including phenoxy) is 1. The van der Waals surface area contributed by atoms with Crippen molar-refractivity contribution in [2.75, 3.05) is 18.1 Å². The van der Waals surface area contributed by atoms with E-state index in [9.17, 15) is 13.2 Å². The lowest BCUT2D eigenvalue weighted by molar-refractivity contribution is 0.0935. The van der Waals surface area contributed by atoms with Crippen LogP contribution >= 0.6 is 0 Å². The molecule has 1 amide bonds. The standard InChI is InChI=1S/C11H15N3O4S/c1-2-18-10-5-9(12-7-13-10)11(15)14-8-3-4-19(16,17)6-8/h5,7-8H,2-4,6H2,1H3,(H,14,15). The van der Waals surface area contributed by atoms with Gasteiger partial charge >= 0.3 is 0 Å². The first kappa shape index (κ1) is 13.7. The number of amides is 1. The number of rotatable bonds is 4. The van der Waals surface area contributed by atoms with E-state index in [2.05, 4.69) is 15.3 Å². The molecule has 104 valence electrons. The van der Waals surface area contributed by atoms with Crippen LogP contribution in [0.3, 0.4) is 0 Å². The van der Waals surface area contributed by atoms with Crippen molar-refractivity contribution in [1.29, 1.82) is 0 Å². The van der Waals surface area contributed by atoms with Gasteiger partial charge in [-0.1, -0.05) is 0 Å². The summed E-state index contributed by atoms with van der Waals surface area (Å²) in [6, 6.07) is 1.09. The van der Waals surface area contributed by atoms with Crippen molar-refractivity contribution < 1.29 is 17.9 Å². The van der Waals surface area contributed by atoms with Gasteiger partial charge in [0.15, 0.2) is 9.84 Å². The number of nitrogens with one attached hydrogen (secondary N) is 1. The van der Waals surface area contributed by atoms with E-state index in [4.69, 9.17) is 4.74 Å². The molecule has 2 rings (SSSR count). The van der Waals surface area contributed by atoms with Crippen LogP contribution in [-0.4, -0.2) is 48.4 Å². The zero-order valence-corrected chi connectivity index (χ0v) is 11.3. The number of nitrogens with zero attached hydrogens (tertiary/aromatic N) is 2. The summed E-state index contributed by atoms with van der Waals surface area (Å²) in [6.45, 7) is 2.25. The minimum atomic E-state index is -3.01. The summed E-state index contributed by atoms with van der Waals surface area (Å²) in [5.74, 6) is 0.0146. The van der Waals surface area contributed by atoms with Crippen molar-refractivity contribution in [1.82, 2.24) is 15.3 Å². The molecule has 1 aromatic rings. The summed E-state index contributed by atoms with van der Waals surface area (Å²) in [5, 5.41) is 2.66. The average Bonchev–Trinajstić information content (AvgIpc) is 2.69. The van der Waals surface area contributed by atoms with E-state index in [1.807, 2.05) is 6.92 Å². The smallest absolute Gasteiger partial charge is 0.270 e. The molecule has 0 bridgehead atoms. The molecule has 19 heavy (non-hydrogen) atoms. The van der Waals surface area contributed by atoms with Gasteiger partial charge in [0.05, 0.1) is 18.1 Å². The van der Waals surface area contributed by atoms with Crippen LogP contribution in [0, 0.1) is 0 Å². The molecular weight excluding hydrogens is 270 g/mol. The second kappa shape index (κ2) is 5.52. The number of carbonyl (C=O) groups is 1. The molecule has 1 aliphatic heterocycles. The average molecular weight is 285 g/mol. The lowest BCUT2D eigenvalue weighted by atomic mass is 10.2. The Labute approximate surface area is 111 Å². The lowest BCUT2D eigenvalue weighted by Crippen LogP contribution is -2.36. The molecule has 1 aromatic heterocycles. The molecule has 0 aliphatic carbocycles. The summed E-state index contributed by atoms with van der Waals surface area (Å²) >= 11 is 0. The van der Waals surface area contributed by atoms with Gasteiger partial charge < -0.3 is 10.1 Å². The molecule has 1 saturated heterocycles. The summed E-state index contributed by atoms with van der Waals surface area (Å²) in [7, 11) is -3.01. The predicted octanol–water partition coefficient (Wildman–Crippen LogP) is -0.208. The third-order valence-corrected chi connectivity index (χ3v) is 4.50. The van der Waals surface area contributed by atoms with Crippen LogP contribution in [0.15, 0.2) is 12.4 Å². The number of carbonyl (C=O) groups excluding carboxylic acids is 1. The van der Waals surface area contributed by atoms with Gasteiger partial charge in [-0.2, -0.15) is 0 Å². The Balaban J connectivity index is 2.02. The van der Waals surface area contributed by atoms with E-state index in [1.54, 1.807) is 0 Å². The van der Waals surface area contributed by atoms with Crippen molar-refractivity contribution in [2.24, 2.45) is 0 Å². The quantitative estimate of drug-likeness (QED) is 0.822. The Morgan fingerprint density at radius 2 is 2.32 bits per heavy atom. The molecular formula is C11H15N3O4S. The Kier molecular flexibility index (Phi) is 3.98. The van der Waals surface area contributed by atoms with Crippen molar-refractivity contribution in [3.8, 4) is 5.88 Å². The fourth-order valence-electron chi connectivity index (χ4n) is 1.86. The third-order valence-electron chi connectivity index (χ3n) is 2.73. The van der Waals surface area contributed by atoms with Crippen LogP contribution in [0.1, 0.15) is 23.8 Å². The van der Waals surface area contributed by atoms with E-state index >= 15 is 0 Å². The molecule has 1 N–H and O–H groups in total. The van der Waals surface area contributed by atoms with Gasteiger partial charge in [-0.15, -0.1) is 0 Å². The summed E-state index contributed by atoms with van der Waals surface area (Å²) in [4.78, 5) is 19.6. The molecule has 8 heteroatoms. The van der Waals surface area contributed by atoms with Gasteiger partial charge in [0.2, 0.25) is 5.88 Å². The topological polar surface area (TPSA) is 98.2 Å². The van der Waals surface area contributed by atoms with E-state index in [0.717, 1.165) is 0 Å². The molecule has 2 heterocycles. The maximum atomic E-state index is 11.9. The Morgan fingerprint density at radius 3 is 2.95 bits per heavy atom. The summed E-state index contributed by atoms with van der Waals surface area (Å²) in [5.41, 5.74) is 0.169. The first-order valence-electron chi connectivity index (χ1n) is 5.96. The van der Waals surface area contributed by atoms with Gasteiger partial charge in [-0.25, -0.2) is 18.4 Å². The molecule has 1 aliphatic rings. The maximum absolute atomic E-state index is 11.9. The van der Waals surface area contributed by atoms with Crippen molar-refractivity contribution in [2.45, 2.75) is 19.4 Å². The van der Waals surface area contributed by atoms with Crippen molar-refractivity contribution in [3.05, 3.63) is 18.1 Å². The second-order valence-corrected chi connectivity index (χ2v) is 6.48. The number of aromatic nitrogens is 2. The molecule has 0 saturated carbocycles. The highest BCUT2D eigenvalue weighted by molar-refractivity contribution is 7.91. The minimum Gasteiger partial charge on any atom is -0.478 e. The first-order chi connectivity index (χ1) is 9.00. The lowest BCUT2D eigenvalue weighted by Gasteiger charge is -2.10. The number of sulfone groups is 1.